The molecule has 1 aliphatic heterocycles. The van der Waals surface area contributed by atoms with Crippen LogP contribution < -0.4 is 10.5 Å². The molecule has 0 saturated carbocycles. The molecule has 1 unspecified atom stereocenters. The molecule has 0 amide bonds. The van der Waals surface area contributed by atoms with Crippen molar-refractivity contribution in [1.29, 1.82) is 0 Å². The molecule has 1 saturated heterocycles. The summed E-state index contributed by atoms with van der Waals surface area (Å²) in [6, 6.07) is 12.5. The molecule has 3 rings (SSSR count). The van der Waals surface area contributed by atoms with E-state index in [1.54, 1.807) is 0 Å². The van der Waals surface area contributed by atoms with Crippen LogP contribution in [-0.2, 0) is 4.74 Å². The van der Waals surface area contributed by atoms with Gasteiger partial charge in [0.25, 0.3) is 0 Å². The van der Waals surface area contributed by atoms with E-state index in [9.17, 15) is 0 Å². The molecule has 0 aromatic heterocycles. The fraction of sp³-hybridized carbons (Fsp3) is 0.444. The number of nitrogens with two attached hydrogens (primary N) is 1. The van der Waals surface area contributed by atoms with Gasteiger partial charge >= 0.3 is 0 Å². The summed E-state index contributed by atoms with van der Waals surface area (Å²) >= 11 is 0. The van der Waals surface area contributed by atoms with Gasteiger partial charge in [-0.15, -0.1) is 0 Å². The first kappa shape index (κ1) is 14.4. The lowest BCUT2D eigenvalue weighted by Crippen LogP contribution is -2.22. The van der Waals surface area contributed by atoms with Gasteiger partial charge in [0, 0.05) is 30.2 Å². The maximum Gasteiger partial charge on any atom is 0.131 e. The SMILES string of the molecule is CC(N)c1ccc2ccccc2c1OCC1CCOCC1. The van der Waals surface area contributed by atoms with Crippen molar-refractivity contribution in [1.82, 2.24) is 0 Å². The van der Waals surface area contributed by atoms with E-state index in [2.05, 4.69) is 36.4 Å². The van der Waals surface area contributed by atoms with Crippen LogP contribution in [0.5, 0.6) is 5.75 Å². The highest BCUT2D eigenvalue weighted by atomic mass is 16.5. The molecule has 1 aliphatic rings. The topological polar surface area (TPSA) is 44.5 Å². The van der Waals surface area contributed by atoms with E-state index >= 15 is 0 Å². The van der Waals surface area contributed by atoms with Crippen molar-refractivity contribution in [3.8, 4) is 5.75 Å². The predicted molar refractivity (Wildman–Crippen MR) is 85.6 cm³/mol. The van der Waals surface area contributed by atoms with E-state index in [4.69, 9.17) is 15.2 Å². The van der Waals surface area contributed by atoms with Crippen molar-refractivity contribution >= 4 is 10.8 Å². The number of hydrogen-bond acceptors (Lipinski definition) is 3. The zero-order valence-electron chi connectivity index (χ0n) is 12.5. The van der Waals surface area contributed by atoms with Gasteiger partial charge in [-0.2, -0.15) is 0 Å². The molecule has 1 heterocycles. The lowest BCUT2D eigenvalue weighted by Gasteiger charge is -2.24. The Morgan fingerprint density at radius 3 is 2.71 bits per heavy atom. The van der Waals surface area contributed by atoms with Crippen molar-refractivity contribution < 1.29 is 9.47 Å². The van der Waals surface area contributed by atoms with Crippen LogP contribution in [0.3, 0.4) is 0 Å². The molecule has 1 atom stereocenters. The van der Waals surface area contributed by atoms with Crippen LogP contribution in [0.2, 0.25) is 0 Å². The van der Waals surface area contributed by atoms with Crippen molar-refractivity contribution in [2.45, 2.75) is 25.8 Å². The third-order valence-corrected chi connectivity index (χ3v) is 4.20. The van der Waals surface area contributed by atoms with Crippen molar-refractivity contribution in [2.75, 3.05) is 19.8 Å². The molecular weight excluding hydrogens is 262 g/mol. The van der Waals surface area contributed by atoms with Gasteiger partial charge in [-0.25, -0.2) is 0 Å². The Bertz CT molecular complexity index is 603. The summed E-state index contributed by atoms with van der Waals surface area (Å²) in [5.41, 5.74) is 7.20. The molecule has 2 aromatic rings. The highest BCUT2D eigenvalue weighted by Gasteiger charge is 2.17. The smallest absolute Gasteiger partial charge is 0.131 e. The number of benzene rings is 2. The van der Waals surface area contributed by atoms with Crippen LogP contribution in [0.25, 0.3) is 10.8 Å². The molecule has 3 heteroatoms. The lowest BCUT2D eigenvalue weighted by molar-refractivity contribution is 0.0498. The van der Waals surface area contributed by atoms with E-state index in [1.165, 1.54) is 5.39 Å². The summed E-state index contributed by atoms with van der Waals surface area (Å²) in [7, 11) is 0. The van der Waals surface area contributed by atoms with Crippen molar-refractivity contribution in [3.05, 3.63) is 42.0 Å². The molecule has 2 aromatic carbocycles. The number of fused-ring (bicyclic) bond motifs is 1. The van der Waals surface area contributed by atoms with Crippen molar-refractivity contribution in [3.63, 3.8) is 0 Å². The minimum absolute atomic E-state index is 0.0284. The third kappa shape index (κ3) is 3.20. The highest BCUT2D eigenvalue weighted by molar-refractivity contribution is 5.89. The van der Waals surface area contributed by atoms with E-state index in [0.717, 1.165) is 49.4 Å². The first-order valence-electron chi connectivity index (χ1n) is 7.73. The second-order valence-electron chi connectivity index (χ2n) is 5.86. The minimum Gasteiger partial charge on any atom is -0.492 e. The average Bonchev–Trinajstić information content (AvgIpc) is 2.53. The fourth-order valence-corrected chi connectivity index (χ4v) is 2.89. The molecule has 21 heavy (non-hydrogen) atoms. The van der Waals surface area contributed by atoms with Gasteiger partial charge in [0.2, 0.25) is 0 Å². The maximum absolute atomic E-state index is 6.22. The van der Waals surface area contributed by atoms with Crippen LogP contribution in [0.4, 0.5) is 0 Å². The van der Waals surface area contributed by atoms with Gasteiger partial charge in [0.1, 0.15) is 5.75 Å². The van der Waals surface area contributed by atoms with E-state index in [-0.39, 0.29) is 6.04 Å². The Morgan fingerprint density at radius 2 is 1.95 bits per heavy atom. The Labute approximate surface area is 126 Å². The highest BCUT2D eigenvalue weighted by Crippen LogP contribution is 2.33. The first-order valence-corrected chi connectivity index (χ1v) is 7.73. The second-order valence-corrected chi connectivity index (χ2v) is 5.86. The van der Waals surface area contributed by atoms with Gasteiger partial charge in [0.05, 0.1) is 6.61 Å². The first-order chi connectivity index (χ1) is 10.3. The molecule has 3 nitrogen and oxygen atoms in total. The number of hydrogen-bond donors (Lipinski definition) is 1. The van der Waals surface area contributed by atoms with Gasteiger partial charge in [-0.3, -0.25) is 0 Å². The van der Waals surface area contributed by atoms with Crippen molar-refractivity contribution in [2.24, 2.45) is 11.7 Å². The Hall–Kier alpha value is -1.58. The molecule has 112 valence electrons. The summed E-state index contributed by atoms with van der Waals surface area (Å²) in [6.45, 7) is 4.45. The Balaban J connectivity index is 1.88. The standard InChI is InChI=1S/C18H23NO2/c1-13(19)16-7-6-15-4-2-3-5-17(15)18(16)21-12-14-8-10-20-11-9-14/h2-7,13-14H,8-12,19H2,1H3. The Morgan fingerprint density at radius 1 is 1.19 bits per heavy atom. The Kier molecular flexibility index (Phi) is 4.42. The van der Waals surface area contributed by atoms with Crippen LogP contribution in [0, 0.1) is 5.92 Å². The average molecular weight is 285 g/mol. The van der Waals surface area contributed by atoms with Crippen LogP contribution >= 0.6 is 0 Å². The number of ether oxygens (including phenoxy) is 2. The quantitative estimate of drug-likeness (QED) is 0.932. The number of rotatable bonds is 4. The fourth-order valence-electron chi connectivity index (χ4n) is 2.89. The zero-order chi connectivity index (χ0) is 14.7. The van der Waals surface area contributed by atoms with Crippen LogP contribution in [0.15, 0.2) is 36.4 Å². The molecule has 0 aliphatic carbocycles. The largest absolute Gasteiger partial charge is 0.492 e. The van der Waals surface area contributed by atoms with Crippen LogP contribution in [-0.4, -0.2) is 19.8 Å². The van der Waals surface area contributed by atoms with Gasteiger partial charge < -0.3 is 15.2 Å². The molecule has 2 N–H and O–H groups in total. The van der Waals surface area contributed by atoms with E-state index in [1.807, 2.05) is 6.92 Å². The summed E-state index contributed by atoms with van der Waals surface area (Å²) in [6.07, 6.45) is 2.16. The monoisotopic (exact) mass is 285 g/mol. The minimum atomic E-state index is -0.0284. The molecule has 0 bridgehead atoms. The summed E-state index contributed by atoms with van der Waals surface area (Å²) in [5, 5.41) is 2.35. The normalized spacial score (nSPS) is 17.8. The second kappa shape index (κ2) is 6.46. The molecule has 0 spiro atoms. The molecule has 0 radical (unpaired) electrons. The summed E-state index contributed by atoms with van der Waals surface area (Å²) < 4.78 is 11.6. The molecular formula is C18H23NO2. The van der Waals surface area contributed by atoms with E-state index in [0.29, 0.717) is 5.92 Å². The van der Waals surface area contributed by atoms with E-state index < -0.39 is 0 Å². The molecule has 1 fully saturated rings. The maximum atomic E-state index is 6.22. The lowest BCUT2D eigenvalue weighted by atomic mass is 10.00. The van der Waals surface area contributed by atoms with Gasteiger partial charge in [-0.1, -0.05) is 36.4 Å². The summed E-state index contributed by atoms with van der Waals surface area (Å²) in [5.74, 6) is 1.54. The van der Waals surface area contributed by atoms with Gasteiger partial charge in [-0.05, 0) is 31.1 Å². The summed E-state index contributed by atoms with van der Waals surface area (Å²) in [4.78, 5) is 0. The third-order valence-electron chi connectivity index (χ3n) is 4.20. The predicted octanol–water partition coefficient (Wildman–Crippen LogP) is 3.66. The zero-order valence-corrected chi connectivity index (χ0v) is 12.5. The van der Waals surface area contributed by atoms with Crippen LogP contribution in [0.1, 0.15) is 31.4 Å². The van der Waals surface area contributed by atoms with Gasteiger partial charge in [0.15, 0.2) is 0 Å².